The van der Waals surface area contributed by atoms with E-state index in [9.17, 15) is 23.1 Å². The summed E-state index contributed by atoms with van der Waals surface area (Å²) in [5, 5.41) is 9.47. The van der Waals surface area contributed by atoms with Gasteiger partial charge in [-0.3, -0.25) is 9.59 Å². The van der Waals surface area contributed by atoms with Crippen molar-refractivity contribution < 1.29 is 27.9 Å². The quantitative estimate of drug-likeness (QED) is 0.605. The number of carboxylic acids is 1. The minimum Gasteiger partial charge on any atom is -0.481 e. The van der Waals surface area contributed by atoms with Crippen molar-refractivity contribution in [3.8, 4) is 0 Å². The lowest BCUT2D eigenvalue weighted by atomic mass is 9.85. The van der Waals surface area contributed by atoms with Gasteiger partial charge in [0.2, 0.25) is 10.0 Å². The highest BCUT2D eigenvalue weighted by Gasteiger charge is 2.35. The molecule has 25 heavy (non-hydrogen) atoms. The molecule has 8 heteroatoms. The third kappa shape index (κ3) is 8.13. The number of benzene rings is 1. The Morgan fingerprint density at radius 3 is 2.24 bits per heavy atom. The Hall–Kier alpha value is -1.93. The first-order valence-corrected chi connectivity index (χ1v) is 9.87. The Kier molecular flexibility index (Phi) is 8.05. The van der Waals surface area contributed by atoms with E-state index in [0.29, 0.717) is 0 Å². The average molecular weight is 371 g/mol. The predicted octanol–water partition coefficient (Wildman–Crippen LogP) is 1.64. The van der Waals surface area contributed by atoms with Crippen LogP contribution < -0.4 is 4.72 Å². The molecule has 0 aliphatic rings. The summed E-state index contributed by atoms with van der Waals surface area (Å²) in [6.45, 7) is 3.37. The molecule has 140 valence electrons. The topological polar surface area (TPSA) is 110 Å². The van der Waals surface area contributed by atoms with Crippen molar-refractivity contribution in [3.63, 3.8) is 0 Å². The van der Waals surface area contributed by atoms with Crippen molar-refractivity contribution in [1.82, 2.24) is 4.72 Å². The predicted molar refractivity (Wildman–Crippen MR) is 93.2 cm³/mol. The van der Waals surface area contributed by atoms with Crippen LogP contribution in [0.4, 0.5) is 0 Å². The number of hydrogen-bond donors (Lipinski definition) is 2. The van der Waals surface area contributed by atoms with Gasteiger partial charge in [-0.05, 0) is 17.9 Å². The molecule has 0 aliphatic carbocycles. The largest absolute Gasteiger partial charge is 0.481 e. The summed E-state index contributed by atoms with van der Waals surface area (Å²) in [7, 11) is -3.56. The molecule has 0 aromatic heterocycles. The number of sulfonamides is 1. The molecular weight excluding hydrogens is 346 g/mol. The molecular formula is C17H25NO6S. The smallest absolute Gasteiger partial charge is 0.311 e. The minimum atomic E-state index is -3.56. The van der Waals surface area contributed by atoms with E-state index in [4.69, 9.17) is 4.74 Å². The lowest BCUT2D eigenvalue weighted by molar-refractivity contribution is -0.159. The van der Waals surface area contributed by atoms with E-state index in [0.717, 1.165) is 11.8 Å². The molecule has 0 radical (unpaired) electrons. The van der Waals surface area contributed by atoms with Crippen molar-refractivity contribution in [2.24, 2.45) is 17.8 Å². The number of rotatable bonds is 10. The first kappa shape index (κ1) is 21.1. The maximum absolute atomic E-state index is 12.4. The van der Waals surface area contributed by atoms with Gasteiger partial charge in [0, 0.05) is 6.54 Å². The molecule has 0 spiro atoms. The highest BCUT2D eigenvalue weighted by Crippen LogP contribution is 2.23. The second kappa shape index (κ2) is 9.53. The first-order chi connectivity index (χ1) is 11.6. The van der Waals surface area contributed by atoms with Crippen LogP contribution in [0.1, 0.15) is 25.8 Å². The van der Waals surface area contributed by atoms with Gasteiger partial charge >= 0.3 is 11.9 Å². The van der Waals surface area contributed by atoms with Crippen molar-refractivity contribution in [3.05, 3.63) is 35.9 Å². The number of carboxylic acid groups (broad SMARTS) is 1. The standard InChI is InChI=1S/C17H25NO6S/c1-12(2)9-14(16(19)20)15(10-18-25(3,22)23)17(21)24-11-13-7-5-4-6-8-13/h4-8,12,14-15,18H,9-11H2,1-3H3,(H,19,20)/t14-,15?/m1/s1. The van der Waals surface area contributed by atoms with Gasteiger partial charge in [0.25, 0.3) is 0 Å². The Balaban J connectivity index is 2.90. The van der Waals surface area contributed by atoms with E-state index < -0.39 is 33.8 Å². The van der Waals surface area contributed by atoms with Gasteiger partial charge in [-0.25, -0.2) is 13.1 Å². The van der Waals surface area contributed by atoms with Gasteiger partial charge < -0.3 is 9.84 Å². The molecule has 1 rings (SSSR count). The average Bonchev–Trinajstić information content (AvgIpc) is 2.51. The maximum atomic E-state index is 12.4. The summed E-state index contributed by atoms with van der Waals surface area (Å²) >= 11 is 0. The van der Waals surface area contributed by atoms with Gasteiger partial charge in [-0.15, -0.1) is 0 Å². The fourth-order valence-corrected chi connectivity index (χ4v) is 2.89. The van der Waals surface area contributed by atoms with E-state index in [-0.39, 0.29) is 25.5 Å². The van der Waals surface area contributed by atoms with Gasteiger partial charge in [0.1, 0.15) is 6.61 Å². The summed E-state index contributed by atoms with van der Waals surface area (Å²) in [6.07, 6.45) is 1.20. The molecule has 2 atom stereocenters. The second-order valence-corrected chi connectivity index (χ2v) is 8.23. The summed E-state index contributed by atoms with van der Waals surface area (Å²) in [5.41, 5.74) is 0.765. The van der Waals surface area contributed by atoms with Crippen LogP contribution in [0.25, 0.3) is 0 Å². The highest BCUT2D eigenvalue weighted by atomic mass is 32.2. The second-order valence-electron chi connectivity index (χ2n) is 6.39. The van der Waals surface area contributed by atoms with E-state index in [1.165, 1.54) is 0 Å². The Bertz CT molecular complexity index is 672. The van der Waals surface area contributed by atoms with Gasteiger partial charge in [-0.1, -0.05) is 44.2 Å². The van der Waals surface area contributed by atoms with Crippen molar-refractivity contribution in [2.45, 2.75) is 26.9 Å². The zero-order chi connectivity index (χ0) is 19.0. The highest BCUT2D eigenvalue weighted by molar-refractivity contribution is 7.88. The molecule has 0 bridgehead atoms. The number of carbonyl (C=O) groups excluding carboxylic acids is 1. The Morgan fingerprint density at radius 1 is 1.16 bits per heavy atom. The summed E-state index contributed by atoms with van der Waals surface area (Å²) in [5.74, 6) is -3.97. The Labute approximate surface area is 148 Å². The van der Waals surface area contributed by atoms with Crippen LogP contribution in [-0.2, 0) is 31.0 Å². The van der Waals surface area contributed by atoms with Crippen LogP contribution in [0.2, 0.25) is 0 Å². The lowest BCUT2D eigenvalue weighted by Crippen LogP contribution is -2.40. The molecule has 7 nitrogen and oxygen atoms in total. The monoisotopic (exact) mass is 371 g/mol. The van der Waals surface area contributed by atoms with Gasteiger partial charge in [-0.2, -0.15) is 0 Å². The van der Waals surface area contributed by atoms with Crippen molar-refractivity contribution in [1.29, 1.82) is 0 Å². The van der Waals surface area contributed by atoms with Crippen molar-refractivity contribution in [2.75, 3.05) is 12.8 Å². The first-order valence-electron chi connectivity index (χ1n) is 7.98. The molecule has 1 unspecified atom stereocenters. The summed E-state index contributed by atoms with van der Waals surface area (Å²) in [6, 6.07) is 8.97. The molecule has 0 amide bonds. The fourth-order valence-electron chi connectivity index (χ4n) is 2.41. The van der Waals surface area contributed by atoms with E-state index >= 15 is 0 Å². The van der Waals surface area contributed by atoms with Crippen LogP contribution in [0.5, 0.6) is 0 Å². The van der Waals surface area contributed by atoms with Crippen LogP contribution in [0.3, 0.4) is 0 Å². The zero-order valence-electron chi connectivity index (χ0n) is 14.6. The number of aliphatic carboxylic acids is 1. The van der Waals surface area contributed by atoms with Crippen LogP contribution >= 0.6 is 0 Å². The van der Waals surface area contributed by atoms with E-state index in [1.54, 1.807) is 24.3 Å². The van der Waals surface area contributed by atoms with Crippen LogP contribution in [-0.4, -0.2) is 38.3 Å². The van der Waals surface area contributed by atoms with Gasteiger partial charge in [0.05, 0.1) is 18.1 Å². The van der Waals surface area contributed by atoms with Gasteiger partial charge in [0.15, 0.2) is 0 Å². The van der Waals surface area contributed by atoms with Crippen LogP contribution in [0, 0.1) is 17.8 Å². The summed E-state index contributed by atoms with van der Waals surface area (Å²) < 4.78 is 30.1. The molecule has 0 saturated carbocycles. The summed E-state index contributed by atoms with van der Waals surface area (Å²) in [4.78, 5) is 24.0. The molecule has 0 aliphatic heterocycles. The number of hydrogen-bond acceptors (Lipinski definition) is 5. The number of nitrogens with one attached hydrogen (secondary N) is 1. The lowest BCUT2D eigenvalue weighted by Gasteiger charge is -2.24. The normalized spacial score (nSPS) is 14.1. The zero-order valence-corrected chi connectivity index (χ0v) is 15.5. The number of ether oxygens (including phenoxy) is 1. The molecule has 2 N–H and O–H groups in total. The van der Waals surface area contributed by atoms with E-state index in [1.807, 2.05) is 19.9 Å². The fraction of sp³-hybridized carbons (Fsp3) is 0.529. The molecule has 0 fully saturated rings. The molecule has 1 aromatic carbocycles. The third-order valence-corrected chi connectivity index (χ3v) is 4.31. The maximum Gasteiger partial charge on any atom is 0.311 e. The molecule has 0 heterocycles. The molecule has 0 saturated heterocycles. The minimum absolute atomic E-state index is 0.00304. The molecule has 1 aromatic rings. The third-order valence-electron chi connectivity index (χ3n) is 3.62. The number of carbonyl (C=O) groups is 2. The SMILES string of the molecule is CC(C)C[C@@H](C(=O)O)C(CNS(C)(=O)=O)C(=O)OCc1ccccc1. The van der Waals surface area contributed by atoms with E-state index in [2.05, 4.69) is 4.72 Å². The Morgan fingerprint density at radius 2 is 1.76 bits per heavy atom. The number of esters is 1. The van der Waals surface area contributed by atoms with Crippen LogP contribution in [0.15, 0.2) is 30.3 Å². The van der Waals surface area contributed by atoms with Crippen molar-refractivity contribution >= 4 is 22.0 Å².